The molecule has 0 spiro atoms. The van der Waals surface area contributed by atoms with E-state index in [1.54, 1.807) is 33.9 Å². The summed E-state index contributed by atoms with van der Waals surface area (Å²) in [5.74, 6) is -1.37. The average molecular weight is 492 g/mol. The SMILES string of the molecule is Cc1c(N=c2scc(-c3ccco3)n2N=Cc2ccc(F)c(F)c2)c(=O)n(-c2ccccc2)n1C. The second kappa shape index (κ2) is 9.15. The summed E-state index contributed by atoms with van der Waals surface area (Å²) in [6, 6.07) is 16.3. The van der Waals surface area contributed by atoms with Crippen molar-refractivity contribution in [2.75, 3.05) is 0 Å². The van der Waals surface area contributed by atoms with Gasteiger partial charge in [0.15, 0.2) is 23.1 Å². The van der Waals surface area contributed by atoms with Gasteiger partial charge in [-0.3, -0.25) is 9.48 Å². The fourth-order valence-electron chi connectivity index (χ4n) is 3.58. The molecule has 0 atom stereocenters. The molecule has 0 bridgehead atoms. The zero-order chi connectivity index (χ0) is 24.5. The van der Waals surface area contributed by atoms with Gasteiger partial charge in [0.05, 0.1) is 23.9 Å². The molecule has 0 aliphatic rings. The molecule has 5 rings (SSSR count). The molecule has 0 aliphatic carbocycles. The summed E-state index contributed by atoms with van der Waals surface area (Å²) >= 11 is 1.27. The van der Waals surface area contributed by atoms with Gasteiger partial charge in [0.1, 0.15) is 5.69 Å². The maximum atomic E-state index is 13.7. The second-order valence-electron chi connectivity index (χ2n) is 7.63. The fourth-order valence-corrected chi connectivity index (χ4v) is 4.40. The number of thiazole rings is 1. The van der Waals surface area contributed by atoms with Crippen molar-refractivity contribution in [3.05, 3.63) is 110 Å². The van der Waals surface area contributed by atoms with Gasteiger partial charge in [-0.1, -0.05) is 24.3 Å². The topological polar surface area (TPSA) is 69.7 Å². The van der Waals surface area contributed by atoms with Gasteiger partial charge in [-0.2, -0.15) is 5.10 Å². The smallest absolute Gasteiger partial charge is 0.297 e. The summed E-state index contributed by atoms with van der Waals surface area (Å²) < 4.78 is 37.3. The van der Waals surface area contributed by atoms with Crippen LogP contribution >= 0.6 is 11.3 Å². The summed E-state index contributed by atoms with van der Waals surface area (Å²) in [4.78, 5) is 18.4. The lowest BCUT2D eigenvalue weighted by atomic mass is 10.2. The van der Waals surface area contributed by atoms with E-state index in [9.17, 15) is 13.6 Å². The normalized spacial score (nSPS) is 12.2. The second-order valence-corrected chi connectivity index (χ2v) is 8.47. The van der Waals surface area contributed by atoms with Gasteiger partial charge in [0, 0.05) is 12.4 Å². The molecule has 0 radical (unpaired) electrons. The number of furan rings is 1. The van der Waals surface area contributed by atoms with Crippen LogP contribution in [0.2, 0.25) is 0 Å². The molecule has 0 saturated carbocycles. The van der Waals surface area contributed by atoms with E-state index in [0.29, 0.717) is 27.5 Å². The Kier molecular flexibility index (Phi) is 5.87. The van der Waals surface area contributed by atoms with Gasteiger partial charge >= 0.3 is 0 Å². The van der Waals surface area contributed by atoms with Gasteiger partial charge in [0.2, 0.25) is 4.80 Å². The molecule has 3 aromatic heterocycles. The van der Waals surface area contributed by atoms with Crippen LogP contribution in [0.15, 0.2) is 91.6 Å². The van der Waals surface area contributed by atoms with E-state index < -0.39 is 11.6 Å². The van der Waals surface area contributed by atoms with Crippen molar-refractivity contribution < 1.29 is 13.2 Å². The minimum atomic E-state index is -0.971. The third-order valence-corrected chi connectivity index (χ3v) is 6.27. The molecule has 0 unspecified atom stereocenters. The Hall–Kier alpha value is -4.31. The van der Waals surface area contributed by atoms with E-state index in [1.807, 2.05) is 37.3 Å². The van der Waals surface area contributed by atoms with Gasteiger partial charge in [-0.25, -0.2) is 23.1 Å². The first-order chi connectivity index (χ1) is 16.9. The molecule has 5 aromatic rings. The lowest BCUT2D eigenvalue weighted by Crippen LogP contribution is -2.19. The zero-order valence-corrected chi connectivity index (χ0v) is 19.5. The molecule has 176 valence electrons. The monoisotopic (exact) mass is 491 g/mol. The Morgan fingerprint density at radius 2 is 1.83 bits per heavy atom. The van der Waals surface area contributed by atoms with Crippen molar-refractivity contribution >= 4 is 23.2 Å². The van der Waals surface area contributed by atoms with E-state index in [0.717, 1.165) is 17.8 Å². The summed E-state index contributed by atoms with van der Waals surface area (Å²) in [5.41, 5.74) is 2.33. The lowest BCUT2D eigenvalue weighted by molar-refractivity contribution is 0.508. The number of rotatable bonds is 5. The average Bonchev–Trinajstić information content (AvgIpc) is 3.57. The van der Waals surface area contributed by atoms with Crippen molar-refractivity contribution in [1.82, 2.24) is 14.0 Å². The molecule has 3 heterocycles. The molecular weight excluding hydrogens is 472 g/mol. The Labute approximate surface area is 202 Å². The van der Waals surface area contributed by atoms with Gasteiger partial charge < -0.3 is 4.42 Å². The maximum absolute atomic E-state index is 13.7. The van der Waals surface area contributed by atoms with Crippen LogP contribution in [0.3, 0.4) is 0 Å². The number of aromatic nitrogens is 3. The van der Waals surface area contributed by atoms with E-state index >= 15 is 0 Å². The zero-order valence-electron chi connectivity index (χ0n) is 18.7. The minimum Gasteiger partial charge on any atom is -0.463 e. The Balaban J connectivity index is 1.67. The minimum absolute atomic E-state index is 0.265. The lowest BCUT2D eigenvalue weighted by Gasteiger charge is -2.07. The fraction of sp³-hybridized carbons (Fsp3) is 0.0800. The predicted molar refractivity (Wildman–Crippen MR) is 130 cm³/mol. The Morgan fingerprint density at radius 1 is 1.03 bits per heavy atom. The maximum Gasteiger partial charge on any atom is 0.297 e. The molecule has 0 aliphatic heterocycles. The highest BCUT2D eigenvalue weighted by molar-refractivity contribution is 7.07. The summed E-state index contributed by atoms with van der Waals surface area (Å²) in [6.45, 7) is 1.82. The van der Waals surface area contributed by atoms with Crippen LogP contribution in [-0.2, 0) is 7.05 Å². The van der Waals surface area contributed by atoms with Crippen LogP contribution in [0, 0.1) is 18.6 Å². The summed E-state index contributed by atoms with van der Waals surface area (Å²) in [7, 11) is 1.79. The van der Waals surface area contributed by atoms with E-state index in [1.165, 1.54) is 34.6 Å². The van der Waals surface area contributed by atoms with Crippen molar-refractivity contribution in [2.45, 2.75) is 6.92 Å². The number of nitrogens with zero attached hydrogens (tertiary/aromatic N) is 5. The molecule has 2 aromatic carbocycles. The highest BCUT2D eigenvalue weighted by Gasteiger charge is 2.17. The van der Waals surface area contributed by atoms with Crippen molar-refractivity contribution in [3.63, 3.8) is 0 Å². The quantitative estimate of drug-likeness (QED) is 0.325. The highest BCUT2D eigenvalue weighted by atomic mass is 32.1. The summed E-state index contributed by atoms with van der Waals surface area (Å²) in [6.07, 6.45) is 2.92. The number of halogens is 2. The largest absolute Gasteiger partial charge is 0.463 e. The molecule has 0 saturated heterocycles. The van der Waals surface area contributed by atoms with Crippen LogP contribution in [0.4, 0.5) is 14.5 Å². The van der Waals surface area contributed by atoms with Crippen LogP contribution in [0.5, 0.6) is 0 Å². The predicted octanol–water partition coefficient (Wildman–Crippen LogP) is 5.00. The van der Waals surface area contributed by atoms with Crippen LogP contribution < -0.4 is 10.4 Å². The van der Waals surface area contributed by atoms with Crippen molar-refractivity contribution in [3.8, 4) is 17.1 Å². The molecule has 10 heteroatoms. The van der Waals surface area contributed by atoms with Crippen LogP contribution in [0.25, 0.3) is 17.1 Å². The Morgan fingerprint density at radius 3 is 2.54 bits per heavy atom. The number of hydrogen-bond donors (Lipinski definition) is 0. The van der Waals surface area contributed by atoms with Gasteiger partial charge in [0.25, 0.3) is 5.56 Å². The first-order valence-corrected chi connectivity index (χ1v) is 11.4. The molecule has 35 heavy (non-hydrogen) atoms. The van der Waals surface area contributed by atoms with Crippen molar-refractivity contribution in [2.24, 2.45) is 17.1 Å². The van der Waals surface area contributed by atoms with Crippen LogP contribution in [-0.4, -0.2) is 20.3 Å². The molecule has 7 nitrogen and oxygen atoms in total. The van der Waals surface area contributed by atoms with E-state index in [4.69, 9.17) is 4.42 Å². The number of hydrogen-bond acceptors (Lipinski definition) is 5. The molecular formula is C25H19F2N5O2S. The molecule has 0 N–H and O–H groups in total. The number of para-hydroxylation sites is 1. The van der Waals surface area contributed by atoms with E-state index in [-0.39, 0.29) is 11.2 Å². The van der Waals surface area contributed by atoms with Crippen LogP contribution in [0.1, 0.15) is 11.3 Å². The van der Waals surface area contributed by atoms with E-state index in [2.05, 4.69) is 10.1 Å². The molecule has 0 fully saturated rings. The van der Waals surface area contributed by atoms with Gasteiger partial charge in [-0.05, 0) is 48.9 Å². The Bertz CT molecular complexity index is 1660. The molecule has 0 amide bonds. The third kappa shape index (κ3) is 4.19. The first kappa shape index (κ1) is 22.5. The summed E-state index contributed by atoms with van der Waals surface area (Å²) in [5, 5.41) is 6.25. The van der Waals surface area contributed by atoms with Gasteiger partial charge in [-0.15, -0.1) is 11.3 Å². The van der Waals surface area contributed by atoms with Crippen molar-refractivity contribution in [1.29, 1.82) is 0 Å². The highest BCUT2D eigenvalue weighted by Crippen LogP contribution is 2.22. The number of benzene rings is 2. The first-order valence-electron chi connectivity index (χ1n) is 10.6. The standard InChI is InChI=1S/C25H19F2N5O2S/c1-16-23(24(33)32(30(16)2)18-7-4-3-5-8-18)29-25-31(21(15-35-25)22-9-6-12-34-22)28-14-17-10-11-19(26)20(27)13-17/h3-15H,1-2H3. The third-order valence-electron chi connectivity index (χ3n) is 5.46.